The summed E-state index contributed by atoms with van der Waals surface area (Å²) in [5, 5.41) is 22.5. The van der Waals surface area contributed by atoms with E-state index in [1.54, 1.807) is 0 Å². The molecule has 0 aromatic carbocycles. The van der Waals surface area contributed by atoms with Crippen LogP contribution in [-0.4, -0.2) is 46.0 Å². The van der Waals surface area contributed by atoms with E-state index in [0.717, 1.165) is 29.0 Å². The lowest BCUT2D eigenvalue weighted by molar-refractivity contribution is -0.129. The van der Waals surface area contributed by atoms with E-state index < -0.39 is 11.7 Å². The molecule has 2 aliphatic heterocycles. The Morgan fingerprint density at radius 2 is 2.37 bits per heavy atom. The number of rotatable bonds is 5. The zero-order valence-electron chi connectivity index (χ0n) is 15.5. The highest BCUT2D eigenvalue weighted by Crippen LogP contribution is 2.51. The Hall–Kier alpha value is -1.03. The summed E-state index contributed by atoms with van der Waals surface area (Å²) in [4.78, 5) is 1.05. The summed E-state index contributed by atoms with van der Waals surface area (Å²) in [6.45, 7) is 6.42. The molecule has 2 aromatic heterocycles. The van der Waals surface area contributed by atoms with Crippen molar-refractivity contribution in [3.8, 4) is 0 Å². The number of aliphatic hydroxyl groups excluding tert-OH is 1. The molecule has 0 radical (unpaired) electrons. The van der Waals surface area contributed by atoms with E-state index in [0.29, 0.717) is 30.7 Å². The quantitative estimate of drug-likeness (QED) is 0.735. The molecule has 2 aliphatic rings. The summed E-state index contributed by atoms with van der Waals surface area (Å²) in [6, 6.07) is 2.14. The number of aromatic nitrogens is 3. The molecule has 9 heteroatoms. The summed E-state index contributed by atoms with van der Waals surface area (Å²) in [5.74, 6) is 0. The first kappa shape index (κ1) is 19.3. The summed E-state index contributed by atoms with van der Waals surface area (Å²) >= 11 is 7.78. The van der Waals surface area contributed by atoms with E-state index in [1.807, 2.05) is 23.9 Å². The molecule has 0 saturated carbocycles. The number of ether oxygens (including phenoxy) is 2. The molecule has 27 heavy (non-hydrogen) atoms. The molecule has 4 rings (SSSR count). The minimum atomic E-state index is -0.613. The van der Waals surface area contributed by atoms with Crippen LogP contribution >= 0.6 is 22.9 Å². The SMILES string of the molecule is CCOCCn1cc([C@@H]2C[C@]3(C[C@H](C)N2)OC[C@@H](O)c2cc(Cl)sc23)nn1. The van der Waals surface area contributed by atoms with Crippen LogP contribution in [0.25, 0.3) is 0 Å². The Morgan fingerprint density at radius 3 is 3.19 bits per heavy atom. The first-order valence-electron chi connectivity index (χ1n) is 9.36. The van der Waals surface area contributed by atoms with E-state index in [1.165, 1.54) is 11.3 Å². The maximum absolute atomic E-state index is 10.3. The molecular weight excluding hydrogens is 388 g/mol. The Balaban J connectivity index is 1.58. The van der Waals surface area contributed by atoms with E-state index in [4.69, 9.17) is 21.1 Å². The third kappa shape index (κ3) is 3.79. The lowest BCUT2D eigenvalue weighted by Gasteiger charge is -2.46. The predicted octanol–water partition coefficient (Wildman–Crippen LogP) is 2.80. The van der Waals surface area contributed by atoms with Crippen molar-refractivity contribution < 1.29 is 14.6 Å². The lowest BCUT2D eigenvalue weighted by atomic mass is 9.79. The van der Waals surface area contributed by atoms with Gasteiger partial charge in [-0.15, -0.1) is 16.4 Å². The maximum atomic E-state index is 10.3. The van der Waals surface area contributed by atoms with Crippen molar-refractivity contribution in [3.63, 3.8) is 0 Å². The van der Waals surface area contributed by atoms with Crippen molar-refractivity contribution in [1.82, 2.24) is 20.3 Å². The van der Waals surface area contributed by atoms with Crippen LogP contribution in [0.3, 0.4) is 0 Å². The van der Waals surface area contributed by atoms with E-state index in [2.05, 4.69) is 22.6 Å². The van der Waals surface area contributed by atoms with Crippen LogP contribution in [0.5, 0.6) is 0 Å². The molecule has 0 unspecified atom stereocenters. The second-order valence-corrected chi connectivity index (χ2v) is 8.97. The molecule has 2 N–H and O–H groups in total. The summed E-state index contributed by atoms with van der Waals surface area (Å²) in [7, 11) is 0. The van der Waals surface area contributed by atoms with Crippen molar-refractivity contribution in [2.75, 3.05) is 19.8 Å². The molecule has 1 saturated heterocycles. The van der Waals surface area contributed by atoms with Crippen molar-refractivity contribution in [1.29, 1.82) is 0 Å². The van der Waals surface area contributed by atoms with Gasteiger partial charge in [-0.2, -0.15) is 0 Å². The van der Waals surface area contributed by atoms with Crippen LogP contribution in [0.15, 0.2) is 12.3 Å². The van der Waals surface area contributed by atoms with Gasteiger partial charge in [0, 0.05) is 29.5 Å². The van der Waals surface area contributed by atoms with Gasteiger partial charge in [0.2, 0.25) is 0 Å². The Labute approximate surface area is 167 Å². The predicted molar refractivity (Wildman–Crippen MR) is 103 cm³/mol. The highest BCUT2D eigenvalue weighted by atomic mass is 35.5. The molecule has 148 valence electrons. The minimum Gasteiger partial charge on any atom is -0.386 e. The molecule has 7 nitrogen and oxygen atoms in total. The van der Waals surface area contributed by atoms with Crippen molar-refractivity contribution in [3.05, 3.63) is 32.7 Å². The number of hydrogen-bond donors (Lipinski definition) is 2. The Bertz CT molecular complexity index is 797. The molecule has 0 bridgehead atoms. The van der Waals surface area contributed by atoms with Crippen LogP contribution in [0.2, 0.25) is 4.34 Å². The summed E-state index contributed by atoms with van der Waals surface area (Å²) in [6.07, 6.45) is 2.93. The normalized spacial score (nSPS) is 30.6. The Kier molecular flexibility index (Phi) is 5.55. The largest absolute Gasteiger partial charge is 0.386 e. The Morgan fingerprint density at radius 1 is 1.52 bits per heavy atom. The number of thiophene rings is 1. The number of aliphatic hydroxyl groups is 1. The van der Waals surface area contributed by atoms with Crippen molar-refractivity contribution in [2.24, 2.45) is 0 Å². The van der Waals surface area contributed by atoms with Gasteiger partial charge >= 0.3 is 0 Å². The van der Waals surface area contributed by atoms with Gasteiger partial charge in [0.15, 0.2) is 0 Å². The molecule has 1 fully saturated rings. The number of nitrogens with one attached hydrogen (secondary N) is 1. The monoisotopic (exact) mass is 412 g/mol. The van der Waals surface area contributed by atoms with Crippen LogP contribution in [0.1, 0.15) is 55.0 Å². The second-order valence-electron chi connectivity index (χ2n) is 7.29. The molecule has 0 aliphatic carbocycles. The highest BCUT2D eigenvalue weighted by molar-refractivity contribution is 7.16. The van der Waals surface area contributed by atoms with E-state index in [9.17, 15) is 5.11 Å². The average Bonchev–Trinajstić information content (AvgIpc) is 3.26. The fourth-order valence-corrected chi connectivity index (χ4v) is 5.57. The van der Waals surface area contributed by atoms with Gasteiger partial charge in [-0.1, -0.05) is 16.8 Å². The van der Waals surface area contributed by atoms with Gasteiger partial charge in [0.1, 0.15) is 11.7 Å². The van der Waals surface area contributed by atoms with Crippen molar-refractivity contribution >= 4 is 22.9 Å². The topological polar surface area (TPSA) is 81.4 Å². The lowest BCUT2D eigenvalue weighted by Crippen LogP contribution is -2.50. The van der Waals surface area contributed by atoms with E-state index >= 15 is 0 Å². The highest BCUT2D eigenvalue weighted by Gasteiger charge is 2.48. The number of nitrogens with zero attached hydrogens (tertiary/aromatic N) is 3. The molecule has 4 heterocycles. The van der Waals surface area contributed by atoms with Crippen LogP contribution in [-0.2, 0) is 21.6 Å². The summed E-state index contributed by atoms with van der Waals surface area (Å²) < 4.78 is 14.2. The van der Waals surface area contributed by atoms with Crippen LogP contribution < -0.4 is 5.32 Å². The fraction of sp³-hybridized carbons (Fsp3) is 0.667. The first-order valence-corrected chi connectivity index (χ1v) is 10.6. The zero-order valence-corrected chi connectivity index (χ0v) is 17.1. The van der Waals surface area contributed by atoms with Gasteiger partial charge in [0.05, 0.1) is 42.0 Å². The molecule has 1 spiro atoms. The van der Waals surface area contributed by atoms with Gasteiger partial charge in [-0.3, -0.25) is 0 Å². The molecule has 2 aromatic rings. The fourth-order valence-electron chi connectivity index (χ4n) is 4.12. The minimum absolute atomic E-state index is 0.0264. The first-order chi connectivity index (χ1) is 13.0. The average molecular weight is 413 g/mol. The molecule has 4 atom stereocenters. The third-order valence-corrected chi connectivity index (χ3v) is 6.72. The standard InChI is InChI=1S/C18H25ClN4O3S/c1-3-25-5-4-23-9-14(21-22-23)13-8-18(7-11(2)20-13)17-12(6-16(19)27-17)15(24)10-26-18/h6,9,11,13,15,20,24H,3-5,7-8,10H2,1-2H3/t11-,13-,15+,18-/m0/s1. The number of halogens is 1. The number of fused-ring (bicyclic) bond motifs is 2. The van der Waals surface area contributed by atoms with E-state index in [-0.39, 0.29) is 12.1 Å². The zero-order chi connectivity index (χ0) is 19.0. The second kappa shape index (κ2) is 7.77. The molecular formula is C18H25ClN4O3S. The summed E-state index contributed by atoms with van der Waals surface area (Å²) in [5.41, 5.74) is 1.36. The molecule has 0 amide bonds. The number of hydrogen-bond acceptors (Lipinski definition) is 7. The smallest absolute Gasteiger partial charge is 0.106 e. The third-order valence-electron chi connectivity index (χ3n) is 5.26. The van der Waals surface area contributed by atoms with Crippen molar-refractivity contribution in [2.45, 2.75) is 57.0 Å². The van der Waals surface area contributed by atoms with Crippen LogP contribution in [0.4, 0.5) is 0 Å². The maximum Gasteiger partial charge on any atom is 0.106 e. The van der Waals surface area contributed by atoms with Crippen LogP contribution in [0, 0.1) is 0 Å². The number of piperidine rings is 1. The van der Waals surface area contributed by atoms with Gasteiger partial charge < -0.3 is 19.9 Å². The van der Waals surface area contributed by atoms with Gasteiger partial charge in [-0.25, -0.2) is 4.68 Å². The van der Waals surface area contributed by atoms with Gasteiger partial charge in [-0.05, 0) is 26.3 Å². The van der Waals surface area contributed by atoms with Gasteiger partial charge in [0.25, 0.3) is 0 Å².